The van der Waals surface area contributed by atoms with E-state index in [1.54, 1.807) is 12.4 Å². The van der Waals surface area contributed by atoms with Crippen molar-refractivity contribution >= 4 is 11.6 Å². The topological polar surface area (TPSA) is 60.5 Å². The van der Waals surface area contributed by atoms with Crippen LogP contribution in [0.2, 0.25) is 0 Å². The molecule has 33 heavy (non-hydrogen) atoms. The standard InChI is InChI=1S/C27H35N5O/c1-27(2,24-12-17-31(3)18-13-24)23-6-8-25(9-7-23)30-26(33)22-5-4-16-32(20-22)29-19-21-10-14-28-15-11-21/h4-11,14-16,24,29H,12-13,17-20H2,1-3H3,(H,30,33). The third kappa shape index (κ3) is 5.89. The highest BCUT2D eigenvalue weighted by molar-refractivity contribution is 6.04. The number of carbonyl (C=O) groups excluding carboxylic acids is 1. The minimum Gasteiger partial charge on any atom is -0.322 e. The van der Waals surface area contributed by atoms with E-state index in [0.29, 0.717) is 19.0 Å². The number of piperidine rings is 1. The van der Waals surface area contributed by atoms with Crippen molar-refractivity contribution in [3.8, 4) is 0 Å². The number of hydrogen-bond acceptors (Lipinski definition) is 5. The smallest absolute Gasteiger partial charge is 0.253 e. The first-order valence-electron chi connectivity index (χ1n) is 11.8. The van der Waals surface area contributed by atoms with Crippen molar-refractivity contribution < 1.29 is 4.79 Å². The van der Waals surface area contributed by atoms with Crippen LogP contribution in [0.3, 0.4) is 0 Å². The van der Waals surface area contributed by atoms with E-state index in [4.69, 9.17) is 0 Å². The van der Waals surface area contributed by atoms with Crippen LogP contribution in [-0.2, 0) is 16.8 Å². The van der Waals surface area contributed by atoms with Gasteiger partial charge in [-0.3, -0.25) is 9.78 Å². The highest BCUT2D eigenvalue weighted by atomic mass is 16.1. The van der Waals surface area contributed by atoms with Gasteiger partial charge in [0, 0.05) is 36.4 Å². The Kier molecular flexibility index (Phi) is 7.26. The van der Waals surface area contributed by atoms with Crippen LogP contribution >= 0.6 is 0 Å². The molecule has 0 radical (unpaired) electrons. The van der Waals surface area contributed by atoms with Gasteiger partial charge in [0.25, 0.3) is 5.91 Å². The van der Waals surface area contributed by atoms with E-state index in [0.717, 1.165) is 16.8 Å². The number of hydrogen-bond donors (Lipinski definition) is 2. The first-order chi connectivity index (χ1) is 15.9. The van der Waals surface area contributed by atoms with Gasteiger partial charge in [0.05, 0.1) is 6.54 Å². The zero-order chi connectivity index (χ0) is 23.3. The number of likely N-dealkylation sites (tertiary alicyclic amines) is 1. The van der Waals surface area contributed by atoms with Crippen LogP contribution < -0.4 is 10.7 Å². The lowest BCUT2D eigenvalue weighted by atomic mass is 9.69. The molecule has 3 heterocycles. The molecule has 0 bridgehead atoms. The second-order valence-corrected chi connectivity index (χ2v) is 9.68. The van der Waals surface area contributed by atoms with Gasteiger partial charge in [-0.15, -0.1) is 0 Å². The normalized spacial score (nSPS) is 17.7. The van der Waals surface area contributed by atoms with E-state index in [1.807, 2.05) is 47.6 Å². The molecule has 0 saturated carbocycles. The van der Waals surface area contributed by atoms with E-state index in [1.165, 1.54) is 31.5 Å². The number of nitrogens with zero attached hydrogens (tertiary/aromatic N) is 3. The number of carbonyl (C=O) groups is 1. The molecule has 2 aliphatic heterocycles. The first-order valence-corrected chi connectivity index (χ1v) is 11.8. The van der Waals surface area contributed by atoms with Crippen molar-refractivity contribution in [3.05, 3.63) is 83.8 Å². The molecule has 1 aromatic carbocycles. The molecule has 2 N–H and O–H groups in total. The number of amides is 1. The van der Waals surface area contributed by atoms with Gasteiger partial charge in [-0.2, -0.15) is 0 Å². The molecule has 1 saturated heterocycles. The van der Waals surface area contributed by atoms with Crippen molar-refractivity contribution in [2.45, 2.75) is 38.6 Å². The highest BCUT2D eigenvalue weighted by Gasteiger charge is 2.33. The predicted molar refractivity (Wildman–Crippen MR) is 133 cm³/mol. The summed E-state index contributed by atoms with van der Waals surface area (Å²) in [6.45, 7) is 8.22. The Hall–Kier alpha value is -2.96. The predicted octanol–water partition coefficient (Wildman–Crippen LogP) is 4.10. The van der Waals surface area contributed by atoms with Crippen LogP contribution in [0, 0.1) is 5.92 Å². The summed E-state index contributed by atoms with van der Waals surface area (Å²) in [4.78, 5) is 19.3. The van der Waals surface area contributed by atoms with Crippen LogP contribution in [0.4, 0.5) is 5.69 Å². The zero-order valence-corrected chi connectivity index (χ0v) is 19.9. The monoisotopic (exact) mass is 445 g/mol. The molecule has 6 nitrogen and oxygen atoms in total. The molecule has 1 aromatic heterocycles. The van der Waals surface area contributed by atoms with Crippen molar-refractivity contribution in [1.82, 2.24) is 20.3 Å². The van der Waals surface area contributed by atoms with Gasteiger partial charge in [-0.25, -0.2) is 5.43 Å². The molecule has 2 aliphatic rings. The molecule has 174 valence electrons. The lowest BCUT2D eigenvalue weighted by Gasteiger charge is -2.40. The Balaban J connectivity index is 1.32. The molecular formula is C27H35N5O. The van der Waals surface area contributed by atoms with Gasteiger partial charge in [0.1, 0.15) is 0 Å². The highest BCUT2D eigenvalue weighted by Crippen LogP contribution is 2.38. The number of hydrazine groups is 1. The molecule has 2 aromatic rings. The average molecular weight is 446 g/mol. The molecular weight excluding hydrogens is 410 g/mol. The van der Waals surface area contributed by atoms with Gasteiger partial charge in [0.15, 0.2) is 0 Å². The van der Waals surface area contributed by atoms with Crippen LogP contribution in [0.25, 0.3) is 0 Å². The summed E-state index contributed by atoms with van der Waals surface area (Å²) < 4.78 is 0. The maximum atomic E-state index is 12.9. The second kappa shape index (κ2) is 10.3. The maximum absolute atomic E-state index is 12.9. The third-order valence-electron chi connectivity index (χ3n) is 7.06. The molecule has 0 atom stereocenters. The summed E-state index contributed by atoms with van der Waals surface area (Å²) in [7, 11) is 2.20. The molecule has 0 spiro atoms. The Labute approximate surface area is 197 Å². The van der Waals surface area contributed by atoms with Crippen molar-refractivity contribution in [3.63, 3.8) is 0 Å². The summed E-state index contributed by atoms with van der Waals surface area (Å²) in [5, 5.41) is 4.99. The van der Waals surface area contributed by atoms with Gasteiger partial charge in [-0.05, 0) is 85.8 Å². The van der Waals surface area contributed by atoms with Gasteiger partial charge >= 0.3 is 0 Å². The van der Waals surface area contributed by atoms with Crippen molar-refractivity contribution in [2.24, 2.45) is 5.92 Å². The molecule has 1 fully saturated rings. The van der Waals surface area contributed by atoms with Crippen LogP contribution in [0.5, 0.6) is 0 Å². The average Bonchev–Trinajstić information content (AvgIpc) is 2.84. The number of nitrogens with one attached hydrogen (secondary N) is 2. The van der Waals surface area contributed by atoms with Crippen molar-refractivity contribution in [1.29, 1.82) is 0 Å². The number of pyridine rings is 1. The fraction of sp³-hybridized carbons (Fsp3) is 0.407. The van der Waals surface area contributed by atoms with Gasteiger partial charge < -0.3 is 15.2 Å². The molecule has 1 amide bonds. The number of aromatic nitrogens is 1. The largest absolute Gasteiger partial charge is 0.322 e. The fourth-order valence-corrected chi connectivity index (χ4v) is 4.66. The molecule has 0 aliphatic carbocycles. The Morgan fingerprint density at radius 3 is 2.48 bits per heavy atom. The second-order valence-electron chi connectivity index (χ2n) is 9.68. The minimum absolute atomic E-state index is 0.0719. The van der Waals surface area contributed by atoms with E-state index in [9.17, 15) is 4.79 Å². The Morgan fingerprint density at radius 2 is 1.79 bits per heavy atom. The summed E-state index contributed by atoms with van der Waals surface area (Å²) >= 11 is 0. The Bertz CT molecular complexity index is 989. The first kappa shape index (κ1) is 23.2. The number of allylic oxidation sites excluding steroid dienone is 2. The van der Waals surface area contributed by atoms with Crippen LogP contribution in [-0.4, -0.2) is 47.5 Å². The summed E-state index contributed by atoms with van der Waals surface area (Å²) in [5.74, 6) is 0.608. The summed E-state index contributed by atoms with van der Waals surface area (Å²) in [5.41, 5.74) is 7.49. The third-order valence-corrected chi connectivity index (χ3v) is 7.06. The van der Waals surface area contributed by atoms with Gasteiger partial charge in [0.2, 0.25) is 0 Å². The SMILES string of the molecule is CN1CCC(C(C)(C)c2ccc(NC(=O)C3=CC=CN(NCc4ccncc4)C3)cc2)CC1. The lowest BCUT2D eigenvalue weighted by molar-refractivity contribution is -0.113. The Morgan fingerprint density at radius 1 is 1.09 bits per heavy atom. The zero-order valence-electron chi connectivity index (χ0n) is 19.9. The van der Waals surface area contributed by atoms with Crippen LogP contribution in [0.1, 0.15) is 37.8 Å². The van der Waals surface area contributed by atoms with E-state index < -0.39 is 0 Å². The molecule has 0 unspecified atom stereocenters. The number of anilines is 1. The fourth-order valence-electron chi connectivity index (χ4n) is 4.66. The number of rotatable bonds is 7. The van der Waals surface area contributed by atoms with Gasteiger partial charge in [-0.1, -0.05) is 32.1 Å². The van der Waals surface area contributed by atoms with Crippen molar-refractivity contribution in [2.75, 3.05) is 32.0 Å². The lowest BCUT2D eigenvalue weighted by Crippen LogP contribution is -2.39. The van der Waals surface area contributed by atoms with Crippen LogP contribution in [0.15, 0.2) is 72.7 Å². The minimum atomic E-state index is -0.0719. The summed E-state index contributed by atoms with van der Waals surface area (Å²) in [6.07, 6.45) is 11.7. The van der Waals surface area contributed by atoms with E-state index in [2.05, 4.69) is 53.7 Å². The molecule has 6 heteroatoms. The maximum Gasteiger partial charge on any atom is 0.253 e. The quantitative estimate of drug-likeness (QED) is 0.672. The molecule has 4 rings (SSSR count). The summed E-state index contributed by atoms with van der Waals surface area (Å²) in [6, 6.07) is 12.4. The number of benzene rings is 1. The van der Waals surface area contributed by atoms with E-state index in [-0.39, 0.29) is 11.3 Å². The van der Waals surface area contributed by atoms with E-state index >= 15 is 0 Å².